The molecule has 0 fully saturated rings. The van der Waals surface area contributed by atoms with Crippen LogP contribution in [0.2, 0.25) is 0 Å². The van der Waals surface area contributed by atoms with Crippen LogP contribution >= 0.6 is 27.3 Å². The molecule has 0 N–H and O–H groups in total. The van der Waals surface area contributed by atoms with Gasteiger partial charge in [-0.3, -0.25) is 14.5 Å². The number of hydrogen-bond acceptors (Lipinski definition) is 6. The quantitative estimate of drug-likeness (QED) is 0.326. The molecule has 6 nitrogen and oxygen atoms in total. The zero-order valence-corrected chi connectivity index (χ0v) is 19.4. The predicted molar refractivity (Wildman–Crippen MR) is 128 cm³/mol. The fraction of sp³-hybridized carbons (Fsp3) is 0.125. The normalized spacial score (nSPS) is 15.2. The third-order valence-electron chi connectivity index (χ3n) is 5.21. The number of benzene rings is 2. The molecule has 0 spiro atoms. The lowest BCUT2D eigenvalue weighted by molar-refractivity contribution is 0.0971. The standard InChI is InChI=1S/C24H17BrN2O4S/c1-3-10-30-16-7-4-14(5-8-16)20-19-21(28)17-11-15(25)6-9-18(17)31-22(19)23(29)27(20)24-26-13(2)12-32-24/h3-9,11-12,20H,1,10H2,2H3/t20-/m1/s1. The van der Waals surface area contributed by atoms with Crippen molar-refractivity contribution in [2.24, 2.45) is 0 Å². The molecular weight excluding hydrogens is 492 g/mol. The molecule has 1 atom stereocenters. The molecule has 0 aliphatic carbocycles. The molecule has 1 aliphatic rings. The number of nitrogens with zero attached hydrogens (tertiary/aromatic N) is 2. The molecule has 2 aromatic heterocycles. The number of thiazole rings is 1. The second kappa shape index (κ2) is 8.03. The first-order chi connectivity index (χ1) is 15.5. The van der Waals surface area contributed by atoms with E-state index in [1.54, 1.807) is 29.2 Å². The minimum atomic E-state index is -0.656. The number of halogens is 1. The molecule has 2 aromatic carbocycles. The lowest BCUT2D eigenvalue weighted by Crippen LogP contribution is -2.29. The molecule has 3 heterocycles. The van der Waals surface area contributed by atoms with Gasteiger partial charge in [-0.1, -0.05) is 40.7 Å². The van der Waals surface area contributed by atoms with Crippen LogP contribution in [0.5, 0.6) is 5.75 Å². The lowest BCUT2D eigenvalue weighted by Gasteiger charge is -2.22. The van der Waals surface area contributed by atoms with Gasteiger partial charge in [-0.2, -0.15) is 0 Å². The van der Waals surface area contributed by atoms with E-state index in [0.29, 0.717) is 34.0 Å². The second-order valence-electron chi connectivity index (χ2n) is 7.33. The number of hydrogen-bond donors (Lipinski definition) is 0. The Hall–Kier alpha value is -3.23. The number of carbonyl (C=O) groups is 1. The summed E-state index contributed by atoms with van der Waals surface area (Å²) in [6.45, 7) is 5.91. The highest BCUT2D eigenvalue weighted by atomic mass is 79.9. The first kappa shape index (κ1) is 20.7. The minimum Gasteiger partial charge on any atom is -0.490 e. The molecule has 1 amide bonds. The van der Waals surface area contributed by atoms with Crippen LogP contribution in [0.3, 0.4) is 0 Å². The molecule has 32 heavy (non-hydrogen) atoms. The average molecular weight is 509 g/mol. The van der Waals surface area contributed by atoms with Crippen LogP contribution < -0.4 is 15.1 Å². The van der Waals surface area contributed by atoms with Crippen LogP contribution in [0.15, 0.2) is 74.2 Å². The fourth-order valence-corrected chi connectivity index (χ4v) is 5.00. The Morgan fingerprint density at radius 1 is 1.25 bits per heavy atom. The number of aromatic nitrogens is 1. The minimum absolute atomic E-state index is 0.0506. The Morgan fingerprint density at radius 2 is 2.03 bits per heavy atom. The maximum atomic E-state index is 13.6. The molecule has 0 bridgehead atoms. The van der Waals surface area contributed by atoms with Crippen molar-refractivity contribution in [1.29, 1.82) is 0 Å². The van der Waals surface area contributed by atoms with E-state index in [9.17, 15) is 9.59 Å². The summed E-state index contributed by atoms with van der Waals surface area (Å²) in [4.78, 5) is 33.1. The average Bonchev–Trinajstić information content (AvgIpc) is 3.34. The van der Waals surface area contributed by atoms with Crippen molar-refractivity contribution in [3.05, 3.63) is 97.8 Å². The summed E-state index contributed by atoms with van der Waals surface area (Å²) in [6, 6.07) is 11.8. The molecule has 0 saturated heterocycles. The van der Waals surface area contributed by atoms with Gasteiger partial charge < -0.3 is 9.15 Å². The van der Waals surface area contributed by atoms with E-state index in [2.05, 4.69) is 27.5 Å². The van der Waals surface area contributed by atoms with Crippen molar-refractivity contribution in [1.82, 2.24) is 4.98 Å². The summed E-state index contributed by atoms with van der Waals surface area (Å²) in [5.41, 5.74) is 2.01. The molecule has 0 unspecified atom stereocenters. The van der Waals surface area contributed by atoms with Crippen LogP contribution in [0, 0.1) is 6.92 Å². The Bertz CT molecular complexity index is 1420. The van der Waals surface area contributed by atoms with Crippen molar-refractivity contribution < 1.29 is 13.9 Å². The van der Waals surface area contributed by atoms with Crippen LogP contribution in [0.25, 0.3) is 11.0 Å². The summed E-state index contributed by atoms with van der Waals surface area (Å²) >= 11 is 4.77. The van der Waals surface area contributed by atoms with Crippen molar-refractivity contribution in [2.75, 3.05) is 11.5 Å². The first-order valence-electron chi connectivity index (χ1n) is 9.83. The van der Waals surface area contributed by atoms with Gasteiger partial charge in [0.15, 0.2) is 10.6 Å². The summed E-state index contributed by atoms with van der Waals surface area (Å²) < 4.78 is 12.3. The van der Waals surface area contributed by atoms with Crippen molar-refractivity contribution >= 4 is 49.3 Å². The van der Waals surface area contributed by atoms with Crippen LogP contribution in [0.4, 0.5) is 5.13 Å². The number of anilines is 1. The van der Waals surface area contributed by atoms with Crippen LogP contribution in [-0.2, 0) is 0 Å². The van der Waals surface area contributed by atoms with Gasteiger partial charge in [-0.25, -0.2) is 4.98 Å². The van der Waals surface area contributed by atoms with Gasteiger partial charge in [0.1, 0.15) is 17.9 Å². The topological polar surface area (TPSA) is 72.6 Å². The monoisotopic (exact) mass is 508 g/mol. The fourth-order valence-electron chi connectivity index (χ4n) is 3.81. The van der Waals surface area contributed by atoms with Gasteiger partial charge in [0.05, 0.1) is 22.7 Å². The predicted octanol–water partition coefficient (Wildman–Crippen LogP) is 5.64. The third kappa shape index (κ3) is 3.36. The van der Waals surface area contributed by atoms with Crippen molar-refractivity contribution in [2.45, 2.75) is 13.0 Å². The summed E-state index contributed by atoms with van der Waals surface area (Å²) in [5.74, 6) is 0.340. The smallest absolute Gasteiger partial charge is 0.297 e. The number of carbonyl (C=O) groups excluding carboxylic acids is 1. The Labute approximate surface area is 195 Å². The van der Waals surface area contributed by atoms with Gasteiger partial charge in [0.25, 0.3) is 5.91 Å². The van der Waals surface area contributed by atoms with Gasteiger partial charge in [0.2, 0.25) is 5.76 Å². The van der Waals surface area contributed by atoms with Crippen molar-refractivity contribution in [3.63, 3.8) is 0 Å². The Balaban J connectivity index is 1.72. The first-order valence-corrected chi connectivity index (χ1v) is 11.5. The van der Waals surface area contributed by atoms with Crippen LogP contribution in [0.1, 0.15) is 33.4 Å². The van der Waals surface area contributed by atoms with E-state index in [4.69, 9.17) is 9.15 Å². The van der Waals surface area contributed by atoms with E-state index >= 15 is 0 Å². The van der Waals surface area contributed by atoms with Crippen LogP contribution in [-0.4, -0.2) is 17.5 Å². The van der Waals surface area contributed by atoms with Gasteiger partial charge in [-0.05, 0) is 42.8 Å². The van der Waals surface area contributed by atoms with E-state index in [1.807, 2.05) is 36.6 Å². The zero-order valence-electron chi connectivity index (χ0n) is 17.0. The summed E-state index contributed by atoms with van der Waals surface area (Å²) in [7, 11) is 0. The molecule has 1 aliphatic heterocycles. The Morgan fingerprint density at radius 3 is 2.72 bits per heavy atom. The largest absolute Gasteiger partial charge is 0.490 e. The van der Waals surface area contributed by atoms with E-state index < -0.39 is 6.04 Å². The maximum absolute atomic E-state index is 13.6. The molecule has 8 heteroatoms. The summed E-state index contributed by atoms with van der Waals surface area (Å²) in [5, 5.41) is 2.80. The molecule has 160 valence electrons. The molecule has 4 aromatic rings. The van der Waals surface area contributed by atoms with Gasteiger partial charge in [-0.15, -0.1) is 11.3 Å². The van der Waals surface area contributed by atoms with E-state index in [-0.39, 0.29) is 17.1 Å². The molecular formula is C24H17BrN2O4S. The Kier molecular flexibility index (Phi) is 5.19. The summed E-state index contributed by atoms with van der Waals surface area (Å²) in [6.07, 6.45) is 1.67. The second-order valence-corrected chi connectivity index (χ2v) is 9.08. The number of amides is 1. The highest BCUT2D eigenvalue weighted by Crippen LogP contribution is 2.42. The number of ether oxygens (including phenoxy) is 1. The molecule has 0 radical (unpaired) electrons. The maximum Gasteiger partial charge on any atom is 0.297 e. The number of fused-ring (bicyclic) bond motifs is 2. The SMILES string of the molecule is C=CCOc1ccc([C@@H]2c3c(oc4ccc(Br)cc4c3=O)C(=O)N2c2nc(C)cs2)cc1. The number of rotatable bonds is 5. The van der Waals surface area contributed by atoms with E-state index in [0.717, 1.165) is 15.7 Å². The van der Waals surface area contributed by atoms with Gasteiger partial charge in [0, 0.05) is 9.85 Å². The molecule has 5 rings (SSSR count). The lowest BCUT2D eigenvalue weighted by atomic mass is 9.98. The molecule has 0 saturated carbocycles. The van der Waals surface area contributed by atoms with E-state index in [1.165, 1.54) is 11.3 Å². The number of aryl methyl sites for hydroxylation is 1. The highest BCUT2D eigenvalue weighted by molar-refractivity contribution is 9.10. The third-order valence-corrected chi connectivity index (χ3v) is 6.66. The highest BCUT2D eigenvalue weighted by Gasteiger charge is 2.44. The van der Waals surface area contributed by atoms with Gasteiger partial charge >= 0.3 is 0 Å². The van der Waals surface area contributed by atoms with Crippen molar-refractivity contribution in [3.8, 4) is 5.75 Å². The zero-order chi connectivity index (χ0) is 22.4.